The number of hydrogen-bond acceptors (Lipinski definition) is 5. The van der Waals surface area contributed by atoms with Gasteiger partial charge in [-0.2, -0.15) is 4.98 Å². The highest BCUT2D eigenvalue weighted by molar-refractivity contribution is 5.74. The van der Waals surface area contributed by atoms with E-state index in [0.717, 1.165) is 5.56 Å². The number of rotatable bonds is 4. The smallest absolute Gasteiger partial charge is 0.267 e. The van der Waals surface area contributed by atoms with Crippen LogP contribution in [0.5, 0.6) is 0 Å². The first-order valence-corrected chi connectivity index (χ1v) is 7.75. The lowest BCUT2D eigenvalue weighted by atomic mass is 10.0. The zero-order chi connectivity index (χ0) is 17.4. The molecule has 0 bridgehead atoms. The molecule has 2 aromatic heterocycles. The highest BCUT2D eigenvalue weighted by atomic mass is 19.1. The van der Waals surface area contributed by atoms with Gasteiger partial charge < -0.3 is 10.3 Å². The van der Waals surface area contributed by atoms with E-state index in [4.69, 9.17) is 10.3 Å². The van der Waals surface area contributed by atoms with Crippen LogP contribution in [0.3, 0.4) is 0 Å². The molecule has 1 atom stereocenters. The van der Waals surface area contributed by atoms with Crippen molar-refractivity contribution in [2.75, 3.05) is 0 Å². The molecule has 24 heavy (non-hydrogen) atoms. The third kappa shape index (κ3) is 2.82. The predicted octanol–water partition coefficient (Wildman–Crippen LogP) is 2.54. The maximum absolute atomic E-state index is 13.1. The van der Waals surface area contributed by atoms with E-state index in [1.54, 1.807) is 19.1 Å². The Bertz CT molecular complexity index is 928. The van der Waals surface area contributed by atoms with E-state index in [2.05, 4.69) is 10.1 Å². The summed E-state index contributed by atoms with van der Waals surface area (Å²) in [5, 5.41) is 4.16. The summed E-state index contributed by atoms with van der Waals surface area (Å²) in [6.45, 7) is 5.85. The van der Waals surface area contributed by atoms with Crippen molar-refractivity contribution in [1.82, 2.24) is 14.7 Å². The molecular weight excluding hydrogens is 311 g/mol. The fourth-order valence-corrected chi connectivity index (χ4v) is 2.56. The molecule has 0 saturated heterocycles. The molecule has 0 aliphatic carbocycles. The standard InChI is InChI=1S/C17H19FN4O2/c1-9(2)14(19)15-20-16-13(10(3)21-24-16)17(23)22(15)8-11-4-6-12(18)7-5-11/h4-7,9,14H,8,19H2,1-3H3. The van der Waals surface area contributed by atoms with Crippen molar-refractivity contribution in [3.63, 3.8) is 0 Å². The number of aromatic nitrogens is 3. The molecule has 0 aliphatic rings. The molecule has 0 fully saturated rings. The van der Waals surface area contributed by atoms with Crippen LogP contribution in [0.25, 0.3) is 11.1 Å². The van der Waals surface area contributed by atoms with Crippen LogP contribution in [-0.4, -0.2) is 14.7 Å². The minimum atomic E-state index is -0.437. The van der Waals surface area contributed by atoms with Crippen LogP contribution in [0.2, 0.25) is 0 Å². The quantitative estimate of drug-likeness (QED) is 0.794. The molecule has 0 radical (unpaired) electrons. The minimum Gasteiger partial charge on any atom is -0.335 e. The van der Waals surface area contributed by atoms with Crippen molar-refractivity contribution in [1.29, 1.82) is 0 Å². The fraction of sp³-hybridized carbons (Fsp3) is 0.353. The molecule has 3 rings (SSSR count). The molecule has 1 aromatic carbocycles. The fourth-order valence-electron chi connectivity index (χ4n) is 2.56. The van der Waals surface area contributed by atoms with Crippen molar-refractivity contribution in [3.05, 3.63) is 57.5 Å². The van der Waals surface area contributed by atoms with Gasteiger partial charge in [-0.3, -0.25) is 9.36 Å². The maximum Gasteiger partial charge on any atom is 0.267 e. The van der Waals surface area contributed by atoms with Crippen molar-refractivity contribution in [2.45, 2.75) is 33.4 Å². The van der Waals surface area contributed by atoms with E-state index in [9.17, 15) is 9.18 Å². The number of halogens is 1. The lowest BCUT2D eigenvalue weighted by molar-refractivity contribution is 0.429. The van der Waals surface area contributed by atoms with Crippen LogP contribution in [0.4, 0.5) is 4.39 Å². The molecule has 3 aromatic rings. The zero-order valence-electron chi connectivity index (χ0n) is 13.8. The van der Waals surface area contributed by atoms with Gasteiger partial charge in [0.05, 0.1) is 18.3 Å². The predicted molar refractivity (Wildman–Crippen MR) is 88.1 cm³/mol. The number of nitrogens with zero attached hydrogens (tertiary/aromatic N) is 3. The lowest BCUT2D eigenvalue weighted by Crippen LogP contribution is -2.32. The largest absolute Gasteiger partial charge is 0.335 e. The Hall–Kier alpha value is -2.54. The van der Waals surface area contributed by atoms with Gasteiger partial charge in [-0.15, -0.1) is 0 Å². The highest BCUT2D eigenvalue weighted by Crippen LogP contribution is 2.20. The lowest BCUT2D eigenvalue weighted by Gasteiger charge is -2.20. The molecule has 2 heterocycles. The number of hydrogen-bond donors (Lipinski definition) is 1. The Morgan fingerprint density at radius 3 is 2.58 bits per heavy atom. The average molecular weight is 330 g/mol. The molecule has 6 nitrogen and oxygen atoms in total. The Morgan fingerprint density at radius 2 is 1.96 bits per heavy atom. The van der Waals surface area contributed by atoms with Crippen LogP contribution in [0.1, 0.15) is 37.0 Å². The van der Waals surface area contributed by atoms with Crippen molar-refractivity contribution in [3.8, 4) is 0 Å². The second-order valence-corrected chi connectivity index (χ2v) is 6.21. The Labute approximate surface area is 138 Å². The Balaban J connectivity index is 2.20. The number of nitrogens with two attached hydrogens (primary N) is 1. The molecule has 0 saturated carbocycles. The Kier molecular flexibility index (Phi) is 4.19. The van der Waals surface area contributed by atoms with Gasteiger partial charge in [0.2, 0.25) is 0 Å². The van der Waals surface area contributed by atoms with E-state index >= 15 is 0 Å². The second kappa shape index (κ2) is 6.16. The first kappa shape index (κ1) is 16.3. The average Bonchev–Trinajstić information content (AvgIpc) is 2.92. The number of benzene rings is 1. The van der Waals surface area contributed by atoms with E-state index in [1.165, 1.54) is 16.7 Å². The summed E-state index contributed by atoms with van der Waals surface area (Å²) in [5.74, 6) is 0.189. The second-order valence-electron chi connectivity index (χ2n) is 6.21. The first-order valence-electron chi connectivity index (χ1n) is 7.75. The third-order valence-electron chi connectivity index (χ3n) is 4.07. The van der Waals surface area contributed by atoms with Crippen molar-refractivity contribution < 1.29 is 8.91 Å². The van der Waals surface area contributed by atoms with Gasteiger partial charge in [0, 0.05) is 0 Å². The van der Waals surface area contributed by atoms with Crippen LogP contribution >= 0.6 is 0 Å². The summed E-state index contributed by atoms with van der Waals surface area (Å²) in [6.07, 6.45) is 0. The highest BCUT2D eigenvalue weighted by Gasteiger charge is 2.22. The molecule has 0 amide bonds. The SMILES string of the molecule is Cc1noc2nc(C(N)C(C)C)n(Cc3ccc(F)cc3)c(=O)c12. The summed E-state index contributed by atoms with van der Waals surface area (Å²) >= 11 is 0. The first-order chi connectivity index (χ1) is 11.4. The van der Waals surface area contributed by atoms with Crippen molar-refractivity contribution >= 4 is 11.1 Å². The van der Waals surface area contributed by atoms with Gasteiger partial charge in [-0.25, -0.2) is 4.39 Å². The number of fused-ring (bicyclic) bond motifs is 1. The normalized spacial score (nSPS) is 12.9. The molecule has 0 spiro atoms. The van der Waals surface area contributed by atoms with E-state index < -0.39 is 6.04 Å². The molecule has 0 aliphatic heterocycles. The van der Waals surface area contributed by atoms with Crippen LogP contribution in [-0.2, 0) is 6.54 Å². The topological polar surface area (TPSA) is 86.9 Å². The third-order valence-corrected chi connectivity index (χ3v) is 4.07. The molecule has 126 valence electrons. The van der Waals surface area contributed by atoms with Crippen LogP contribution in [0.15, 0.2) is 33.6 Å². The summed E-state index contributed by atoms with van der Waals surface area (Å²) < 4.78 is 19.8. The molecular formula is C17H19FN4O2. The van der Waals surface area contributed by atoms with E-state index in [1.807, 2.05) is 13.8 Å². The summed E-state index contributed by atoms with van der Waals surface area (Å²) in [4.78, 5) is 17.3. The van der Waals surface area contributed by atoms with E-state index in [0.29, 0.717) is 16.9 Å². The molecule has 1 unspecified atom stereocenters. The Morgan fingerprint density at radius 1 is 1.29 bits per heavy atom. The maximum atomic E-state index is 13.1. The van der Waals surface area contributed by atoms with Gasteiger partial charge in [0.1, 0.15) is 17.0 Å². The van der Waals surface area contributed by atoms with Gasteiger partial charge >= 0.3 is 0 Å². The zero-order valence-corrected chi connectivity index (χ0v) is 13.8. The summed E-state index contributed by atoms with van der Waals surface area (Å²) in [6, 6.07) is 5.56. The summed E-state index contributed by atoms with van der Waals surface area (Å²) in [5.41, 5.74) is 7.45. The molecule has 7 heteroatoms. The van der Waals surface area contributed by atoms with Gasteiger partial charge in [-0.05, 0) is 30.5 Å². The van der Waals surface area contributed by atoms with Crippen molar-refractivity contribution in [2.24, 2.45) is 11.7 Å². The van der Waals surface area contributed by atoms with Gasteiger partial charge in [0.25, 0.3) is 11.3 Å². The molecule has 2 N–H and O–H groups in total. The number of aryl methyl sites for hydroxylation is 1. The monoisotopic (exact) mass is 330 g/mol. The van der Waals surface area contributed by atoms with Crippen LogP contribution in [0, 0.1) is 18.7 Å². The van der Waals surface area contributed by atoms with Crippen LogP contribution < -0.4 is 11.3 Å². The van der Waals surface area contributed by atoms with Gasteiger partial charge in [0.15, 0.2) is 0 Å². The van der Waals surface area contributed by atoms with E-state index in [-0.39, 0.29) is 29.6 Å². The van der Waals surface area contributed by atoms with Gasteiger partial charge in [-0.1, -0.05) is 31.1 Å². The summed E-state index contributed by atoms with van der Waals surface area (Å²) in [7, 11) is 0. The minimum absolute atomic E-state index is 0.0813.